The maximum absolute atomic E-state index is 11.8. The van der Waals surface area contributed by atoms with Crippen LogP contribution in [0, 0.1) is 0 Å². The number of aromatic nitrogens is 3. The highest BCUT2D eigenvalue weighted by Gasteiger charge is 2.12. The van der Waals surface area contributed by atoms with Gasteiger partial charge in [-0.15, -0.1) is 5.11 Å². The summed E-state index contributed by atoms with van der Waals surface area (Å²) in [6.45, 7) is 0. The van der Waals surface area contributed by atoms with Crippen LogP contribution in [0.4, 0.5) is 11.4 Å². The van der Waals surface area contributed by atoms with E-state index in [1.807, 2.05) is 6.07 Å². The third-order valence-electron chi connectivity index (χ3n) is 2.75. The van der Waals surface area contributed by atoms with E-state index < -0.39 is 0 Å². The fourth-order valence-electron chi connectivity index (χ4n) is 1.79. The van der Waals surface area contributed by atoms with E-state index in [1.54, 1.807) is 42.6 Å². The third-order valence-corrected chi connectivity index (χ3v) is 2.98. The van der Waals surface area contributed by atoms with Crippen molar-refractivity contribution in [3.05, 3.63) is 64.0 Å². The van der Waals surface area contributed by atoms with Gasteiger partial charge in [0.15, 0.2) is 5.69 Å². The van der Waals surface area contributed by atoms with Gasteiger partial charge in [-0.2, -0.15) is 5.11 Å². The number of H-pyrrole nitrogens is 2. The summed E-state index contributed by atoms with van der Waals surface area (Å²) in [5, 5.41) is 13.8. The van der Waals surface area contributed by atoms with Crippen molar-refractivity contribution in [3.63, 3.8) is 0 Å². The molecule has 7 heteroatoms. The second kappa shape index (κ2) is 5.72. The fourth-order valence-corrected chi connectivity index (χ4v) is 1.97. The summed E-state index contributed by atoms with van der Waals surface area (Å²) in [5.41, 5.74) is 1.48. The summed E-state index contributed by atoms with van der Waals surface area (Å²) >= 11 is 5.88. The molecule has 3 aromatic rings. The van der Waals surface area contributed by atoms with Crippen molar-refractivity contribution in [1.29, 1.82) is 0 Å². The lowest BCUT2D eigenvalue weighted by Crippen LogP contribution is -1.96. The molecule has 2 N–H and O–H groups in total. The molecule has 104 valence electrons. The van der Waals surface area contributed by atoms with Crippen LogP contribution >= 0.6 is 11.6 Å². The molecule has 0 radical (unpaired) electrons. The number of hydrogen-bond donors (Lipinski definition) is 2. The highest BCUT2D eigenvalue weighted by molar-refractivity contribution is 6.30. The molecule has 21 heavy (non-hydrogen) atoms. The molecule has 0 aliphatic rings. The van der Waals surface area contributed by atoms with Gasteiger partial charge < -0.3 is 0 Å². The maximum Gasteiger partial charge on any atom is 0.292 e. The van der Waals surface area contributed by atoms with Gasteiger partial charge in [-0.25, -0.2) is 0 Å². The van der Waals surface area contributed by atoms with Crippen LogP contribution in [0.2, 0.25) is 5.02 Å². The first-order valence-electron chi connectivity index (χ1n) is 6.13. The van der Waals surface area contributed by atoms with Gasteiger partial charge in [-0.3, -0.25) is 20.0 Å². The van der Waals surface area contributed by atoms with Crippen LogP contribution in [0.1, 0.15) is 0 Å². The number of pyridine rings is 1. The monoisotopic (exact) mass is 299 g/mol. The van der Waals surface area contributed by atoms with E-state index in [1.165, 1.54) is 0 Å². The molecule has 0 amide bonds. The van der Waals surface area contributed by atoms with Gasteiger partial charge in [-0.05, 0) is 30.3 Å². The predicted molar refractivity (Wildman–Crippen MR) is 80.3 cm³/mol. The Bertz CT molecular complexity index is 838. The van der Waals surface area contributed by atoms with Crippen molar-refractivity contribution in [2.24, 2.45) is 10.2 Å². The van der Waals surface area contributed by atoms with Crippen LogP contribution in [-0.2, 0) is 0 Å². The SMILES string of the molecule is O=c1[nH][nH]c(-c2ccccn2)c1N=Nc1cccc(Cl)c1. The van der Waals surface area contributed by atoms with Crippen molar-refractivity contribution < 1.29 is 0 Å². The lowest BCUT2D eigenvalue weighted by molar-refractivity contribution is 1.05. The van der Waals surface area contributed by atoms with Crippen molar-refractivity contribution in [2.75, 3.05) is 0 Å². The zero-order chi connectivity index (χ0) is 14.7. The van der Waals surface area contributed by atoms with E-state index in [4.69, 9.17) is 11.6 Å². The summed E-state index contributed by atoms with van der Waals surface area (Å²) in [6, 6.07) is 12.3. The molecule has 0 bridgehead atoms. The van der Waals surface area contributed by atoms with Crippen LogP contribution in [0.25, 0.3) is 11.4 Å². The Morgan fingerprint density at radius 3 is 2.71 bits per heavy atom. The van der Waals surface area contributed by atoms with Crippen molar-refractivity contribution in [2.45, 2.75) is 0 Å². The number of benzene rings is 1. The lowest BCUT2D eigenvalue weighted by atomic mass is 10.2. The number of nitrogens with one attached hydrogen (secondary N) is 2. The Kier molecular flexibility index (Phi) is 3.61. The van der Waals surface area contributed by atoms with E-state index in [0.717, 1.165) is 0 Å². The van der Waals surface area contributed by atoms with Gasteiger partial charge in [0.1, 0.15) is 5.69 Å². The zero-order valence-electron chi connectivity index (χ0n) is 10.7. The van der Waals surface area contributed by atoms with Crippen molar-refractivity contribution in [3.8, 4) is 11.4 Å². The van der Waals surface area contributed by atoms with Gasteiger partial charge in [-0.1, -0.05) is 23.7 Å². The van der Waals surface area contributed by atoms with Gasteiger partial charge in [0.05, 0.1) is 11.4 Å². The smallest absolute Gasteiger partial charge is 0.292 e. The summed E-state index contributed by atoms with van der Waals surface area (Å²) in [4.78, 5) is 16.0. The van der Waals surface area contributed by atoms with Crippen LogP contribution < -0.4 is 5.56 Å². The Labute approximate surface area is 124 Å². The molecular weight excluding hydrogens is 290 g/mol. The quantitative estimate of drug-likeness (QED) is 0.720. The number of azo groups is 1. The maximum atomic E-state index is 11.8. The summed E-state index contributed by atoms with van der Waals surface area (Å²) in [6.07, 6.45) is 1.64. The Morgan fingerprint density at radius 2 is 1.95 bits per heavy atom. The van der Waals surface area contributed by atoms with Gasteiger partial charge in [0.2, 0.25) is 0 Å². The van der Waals surface area contributed by atoms with E-state index in [2.05, 4.69) is 25.4 Å². The first-order chi connectivity index (χ1) is 10.2. The molecule has 0 spiro atoms. The average Bonchev–Trinajstić information content (AvgIpc) is 2.87. The molecule has 0 fully saturated rings. The second-order valence-electron chi connectivity index (χ2n) is 4.20. The molecule has 0 unspecified atom stereocenters. The minimum Gasteiger partial charge on any atom is -0.294 e. The largest absolute Gasteiger partial charge is 0.294 e. The Hall–Kier alpha value is -2.73. The highest BCUT2D eigenvalue weighted by atomic mass is 35.5. The minimum atomic E-state index is -0.360. The molecule has 0 saturated carbocycles. The van der Waals surface area contributed by atoms with E-state index >= 15 is 0 Å². The van der Waals surface area contributed by atoms with Gasteiger partial charge >= 0.3 is 0 Å². The Morgan fingerprint density at radius 1 is 1.05 bits per heavy atom. The molecule has 2 heterocycles. The van der Waals surface area contributed by atoms with E-state index in [-0.39, 0.29) is 11.2 Å². The van der Waals surface area contributed by atoms with Gasteiger partial charge in [0.25, 0.3) is 5.56 Å². The number of aromatic amines is 2. The summed E-state index contributed by atoms with van der Waals surface area (Å²) in [5.74, 6) is 0. The zero-order valence-corrected chi connectivity index (χ0v) is 11.5. The normalized spacial score (nSPS) is 11.1. The first-order valence-corrected chi connectivity index (χ1v) is 6.51. The first kappa shape index (κ1) is 13.3. The number of nitrogens with zero attached hydrogens (tertiary/aromatic N) is 3. The molecule has 0 saturated heterocycles. The van der Waals surface area contributed by atoms with Crippen LogP contribution in [0.5, 0.6) is 0 Å². The number of rotatable bonds is 3. The van der Waals surface area contributed by atoms with Crippen LogP contribution in [0.3, 0.4) is 0 Å². The number of halogens is 1. The molecule has 0 aliphatic heterocycles. The van der Waals surface area contributed by atoms with Crippen molar-refractivity contribution >= 4 is 23.0 Å². The highest BCUT2D eigenvalue weighted by Crippen LogP contribution is 2.25. The third kappa shape index (κ3) is 2.90. The molecule has 1 aromatic carbocycles. The second-order valence-corrected chi connectivity index (χ2v) is 4.63. The average molecular weight is 300 g/mol. The topological polar surface area (TPSA) is 86.3 Å². The summed E-state index contributed by atoms with van der Waals surface area (Å²) in [7, 11) is 0. The van der Waals surface area contributed by atoms with Crippen LogP contribution in [0.15, 0.2) is 63.7 Å². The Balaban J connectivity index is 2.00. The molecule has 0 atom stereocenters. The predicted octanol–water partition coefficient (Wildman–Crippen LogP) is 3.83. The standard InChI is InChI=1S/C14H10ClN5O/c15-9-4-3-5-10(8-9)17-19-13-12(18-20-14(13)21)11-6-1-2-7-16-11/h1-8H,(H2,18,20,21). The molecule has 2 aromatic heterocycles. The molecular formula is C14H10ClN5O. The van der Waals surface area contributed by atoms with E-state index in [0.29, 0.717) is 22.1 Å². The van der Waals surface area contributed by atoms with Gasteiger partial charge in [0, 0.05) is 11.2 Å². The molecule has 0 aliphatic carbocycles. The van der Waals surface area contributed by atoms with E-state index in [9.17, 15) is 4.79 Å². The number of hydrogen-bond acceptors (Lipinski definition) is 4. The molecule has 6 nitrogen and oxygen atoms in total. The van der Waals surface area contributed by atoms with Crippen LogP contribution in [-0.4, -0.2) is 15.2 Å². The minimum absolute atomic E-state index is 0.175. The fraction of sp³-hybridized carbons (Fsp3) is 0. The lowest BCUT2D eigenvalue weighted by Gasteiger charge is -1.97. The van der Waals surface area contributed by atoms with Crippen molar-refractivity contribution in [1.82, 2.24) is 15.2 Å². The summed E-state index contributed by atoms with van der Waals surface area (Å²) < 4.78 is 0. The molecule has 3 rings (SSSR count).